The summed E-state index contributed by atoms with van der Waals surface area (Å²) in [5.74, 6) is 0. The topological polar surface area (TPSA) is 23.5 Å². The number of rotatable bonds is 4. The molecule has 0 radical (unpaired) electrons. The first kappa shape index (κ1) is 15.0. The van der Waals surface area contributed by atoms with Gasteiger partial charge in [0.25, 0.3) is 0 Å². The molecular formula is C13H18F3NO. The molecule has 18 heavy (non-hydrogen) atoms. The van der Waals surface area contributed by atoms with Crippen molar-refractivity contribution < 1.29 is 18.4 Å². The van der Waals surface area contributed by atoms with Crippen LogP contribution in [-0.4, -0.2) is 22.9 Å². The molecule has 0 unspecified atom stereocenters. The fraction of sp³-hybridized carbons (Fsp3) is 0.538. The average Bonchev–Trinajstić information content (AvgIpc) is 2.25. The Morgan fingerprint density at radius 2 is 1.83 bits per heavy atom. The van der Waals surface area contributed by atoms with Gasteiger partial charge in [0.05, 0.1) is 5.56 Å². The second-order valence-electron chi connectivity index (χ2n) is 5.03. The molecule has 0 fully saturated rings. The predicted molar refractivity (Wildman–Crippen MR) is 63.4 cm³/mol. The van der Waals surface area contributed by atoms with Crippen LogP contribution < -0.4 is 0 Å². The van der Waals surface area contributed by atoms with E-state index in [1.807, 2.05) is 13.8 Å². The molecule has 5 heteroatoms. The maximum Gasteiger partial charge on any atom is 0.416 e. The Kier molecular flexibility index (Phi) is 4.40. The van der Waals surface area contributed by atoms with Crippen molar-refractivity contribution in [1.29, 1.82) is 0 Å². The van der Waals surface area contributed by atoms with Crippen molar-refractivity contribution >= 4 is 0 Å². The van der Waals surface area contributed by atoms with Crippen LogP contribution in [0.5, 0.6) is 0 Å². The zero-order chi connectivity index (χ0) is 14.0. The van der Waals surface area contributed by atoms with Crippen LogP contribution in [0.3, 0.4) is 0 Å². The quantitative estimate of drug-likeness (QED) is 0.835. The van der Waals surface area contributed by atoms with Crippen LogP contribution in [0.2, 0.25) is 0 Å². The van der Waals surface area contributed by atoms with Crippen LogP contribution in [0.25, 0.3) is 0 Å². The lowest BCUT2D eigenvalue weighted by Crippen LogP contribution is -2.38. The first-order valence-corrected chi connectivity index (χ1v) is 5.72. The van der Waals surface area contributed by atoms with E-state index in [-0.39, 0.29) is 0 Å². The zero-order valence-electron chi connectivity index (χ0n) is 10.8. The second-order valence-corrected chi connectivity index (χ2v) is 5.03. The van der Waals surface area contributed by atoms with Gasteiger partial charge < -0.3 is 5.21 Å². The SMILES string of the molecule is CN(O)C(C)(C)CCc1cccc(C(F)(F)F)c1. The van der Waals surface area contributed by atoms with Crippen LogP contribution in [-0.2, 0) is 12.6 Å². The Balaban J connectivity index is 2.75. The minimum atomic E-state index is -4.31. The number of alkyl halides is 3. The van der Waals surface area contributed by atoms with Gasteiger partial charge in [0.2, 0.25) is 0 Å². The smallest absolute Gasteiger partial charge is 0.314 e. The Hall–Kier alpha value is -1.07. The molecule has 1 N–H and O–H groups in total. The van der Waals surface area contributed by atoms with Crippen LogP contribution in [0.15, 0.2) is 24.3 Å². The largest absolute Gasteiger partial charge is 0.416 e. The van der Waals surface area contributed by atoms with E-state index in [0.717, 1.165) is 17.2 Å². The highest BCUT2D eigenvalue weighted by molar-refractivity contribution is 5.25. The molecule has 1 aromatic rings. The Bertz CT molecular complexity index is 399. The van der Waals surface area contributed by atoms with Crippen LogP contribution >= 0.6 is 0 Å². The van der Waals surface area contributed by atoms with Crippen molar-refractivity contribution in [3.8, 4) is 0 Å². The average molecular weight is 261 g/mol. The fourth-order valence-corrected chi connectivity index (χ4v) is 1.52. The van der Waals surface area contributed by atoms with Gasteiger partial charge in [0.1, 0.15) is 0 Å². The highest BCUT2D eigenvalue weighted by atomic mass is 19.4. The van der Waals surface area contributed by atoms with Gasteiger partial charge in [-0.1, -0.05) is 18.2 Å². The van der Waals surface area contributed by atoms with E-state index in [4.69, 9.17) is 0 Å². The standard InChI is InChI=1S/C13H18F3NO/c1-12(2,17(3)18)8-7-10-5-4-6-11(9-10)13(14,15)16/h4-6,9,18H,7-8H2,1-3H3. The molecule has 0 heterocycles. The van der Waals surface area contributed by atoms with E-state index < -0.39 is 17.3 Å². The summed E-state index contributed by atoms with van der Waals surface area (Å²) in [6.07, 6.45) is -3.25. The van der Waals surface area contributed by atoms with Gasteiger partial charge in [-0.05, 0) is 38.3 Å². The van der Waals surface area contributed by atoms with Crippen molar-refractivity contribution in [1.82, 2.24) is 5.06 Å². The molecule has 0 saturated carbocycles. The summed E-state index contributed by atoms with van der Waals surface area (Å²) in [4.78, 5) is 0. The maximum atomic E-state index is 12.5. The van der Waals surface area contributed by atoms with Crippen molar-refractivity contribution in [3.63, 3.8) is 0 Å². The molecule has 0 bridgehead atoms. The molecule has 0 aromatic heterocycles. The molecule has 0 amide bonds. The van der Waals surface area contributed by atoms with Gasteiger partial charge in [-0.3, -0.25) is 0 Å². The summed E-state index contributed by atoms with van der Waals surface area (Å²) >= 11 is 0. The number of hydrogen-bond acceptors (Lipinski definition) is 2. The number of halogens is 3. The molecule has 2 nitrogen and oxygen atoms in total. The Morgan fingerprint density at radius 3 is 2.33 bits per heavy atom. The van der Waals surface area contributed by atoms with Gasteiger partial charge in [-0.15, -0.1) is 0 Å². The molecule has 1 aromatic carbocycles. The van der Waals surface area contributed by atoms with Crippen molar-refractivity contribution in [2.75, 3.05) is 7.05 Å². The van der Waals surface area contributed by atoms with E-state index in [9.17, 15) is 18.4 Å². The van der Waals surface area contributed by atoms with E-state index >= 15 is 0 Å². The fourth-order valence-electron chi connectivity index (χ4n) is 1.52. The van der Waals surface area contributed by atoms with Crippen molar-refractivity contribution in [2.45, 2.75) is 38.4 Å². The van der Waals surface area contributed by atoms with Crippen molar-refractivity contribution in [3.05, 3.63) is 35.4 Å². The van der Waals surface area contributed by atoms with Gasteiger partial charge in [-0.2, -0.15) is 18.2 Å². The molecule has 0 saturated heterocycles. The van der Waals surface area contributed by atoms with Crippen molar-refractivity contribution in [2.24, 2.45) is 0 Å². The summed E-state index contributed by atoms with van der Waals surface area (Å²) < 4.78 is 37.6. The molecule has 1 rings (SSSR count). The van der Waals surface area contributed by atoms with Gasteiger partial charge in [0, 0.05) is 12.6 Å². The second kappa shape index (κ2) is 5.28. The summed E-state index contributed by atoms with van der Waals surface area (Å²) in [5.41, 5.74) is -0.469. The van der Waals surface area contributed by atoms with Gasteiger partial charge in [-0.25, -0.2) is 0 Å². The first-order chi connectivity index (χ1) is 8.13. The summed E-state index contributed by atoms with van der Waals surface area (Å²) in [6, 6.07) is 5.30. The van der Waals surface area contributed by atoms with E-state index in [1.165, 1.54) is 13.1 Å². The van der Waals surface area contributed by atoms with E-state index in [1.54, 1.807) is 6.07 Å². The third-order valence-corrected chi connectivity index (χ3v) is 3.16. The molecular weight excluding hydrogens is 243 g/mol. The van der Waals surface area contributed by atoms with Gasteiger partial charge in [0.15, 0.2) is 0 Å². The molecule has 0 atom stereocenters. The minimum Gasteiger partial charge on any atom is -0.314 e. The number of benzene rings is 1. The molecule has 0 aliphatic heterocycles. The number of aryl methyl sites for hydroxylation is 1. The molecule has 0 aliphatic carbocycles. The minimum absolute atomic E-state index is 0.464. The number of nitrogens with zero attached hydrogens (tertiary/aromatic N) is 1. The van der Waals surface area contributed by atoms with Crippen LogP contribution in [0.1, 0.15) is 31.4 Å². The lowest BCUT2D eigenvalue weighted by atomic mass is 9.94. The van der Waals surface area contributed by atoms with Crippen LogP contribution in [0.4, 0.5) is 13.2 Å². The lowest BCUT2D eigenvalue weighted by Gasteiger charge is -2.30. The molecule has 0 aliphatic rings. The highest BCUT2D eigenvalue weighted by Gasteiger charge is 2.30. The first-order valence-electron chi connectivity index (χ1n) is 5.72. The zero-order valence-corrected chi connectivity index (χ0v) is 10.8. The monoisotopic (exact) mass is 261 g/mol. The normalized spacial score (nSPS) is 13.1. The lowest BCUT2D eigenvalue weighted by molar-refractivity contribution is -0.142. The maximum absolute atomic E-state index is 12.5. The Morgan fingerprint density at radius 1 is 1.22 bits per heavy atom. The van der Waals surface area contributed by atoms with E-state index in [2.05, 4.69) is 0 Å². The number of hydrogen-bond donors (Lipinski definition) is 1. The molecule has 0 spiro atoms. The molecule has 102 valence electrons. The van der Waals surface area contributed by atoms with Gasteiger partial charge >= 0.3 is 6.18 Å². The summed E-state index contributed by atoms with van der Waals surface area (Å²) in [7, 11) is 1.53. The summed E-state index contributed by atoms with van der Waals surface area (Å²) in [5, 5.41) is 10.5. The Labute approximate surface area is 105 Å². The summed E-state index contributed by atoms with van der Waals surface area (Å²) in [6.45, 7) is 3.67. The van der Waals surface area contributed by atoms with Crippen LogP contribution in [0, 0.1) is 0 Å². The van der Waals surface area contributed by atoms with E-state index in [0.29, 0.717) is 18.4 Å². The number of hydroxylamine groups is 2. The third-order valence-electron chi connectivity index (χ3n) is 3.16. The third kappa shape index (κ3) is 3.99. The predicted octanol–water partition coefficient (Wildman–Crippen LogP) is 3.74. The highest BCUT2D eigenvalue weighted by Crippen LogP contribution is 2.30.